The fourth-order valence-corrected chi connectivity index (χ4v) is 5.65. The SMILES string of the molecule is Cc1nc(C)c(Cn2c(=O)n(N)c(=O)c3cc(S(=O)(=O)NC4(C)CC4)ccc32)s1. The molecule has 1 fully saturated rings. The maximum atomic E-state index is 12.7. The maximum absolute atomic E-state index is 12.7. The summed E-state index contributed by atoms with van der Waals surface area (Å²) in [5.41, 5.74) is -0.741. The van der Waals surface area contributed by atoms with E-state index in [9.17, 15) is 18.0 Å². The summed E-state index contributed by atoms with van der Waals surface area (Å²) >= 11 is 1.45. The van der Waals surface area contributed by atoms with Gasteiger partial charge in [0.15, 0.2) is 0 Å². The monoisotopic (exact) mass is 435 g/mol. The number of thiazole rings is 1. The highest BCUT2D eigenvalue weighted by atomic mass is 32.2. The van der Waals surface area contributed by atoms with E-state index in [2.05, 4.69) is 9.71 Å². The zero-order valence-electron chi connectivity index (χ0n) is 16.2. The minimum absolute atomic E-state index is 0.0368. The van der Waals surface area contributed by atoms with Gasteiger partial charge in [0.2, 0.25) is 10.0 Å². The molecule has 1 aliphatic carbocycles. The van der Waals surface area contributed by atoms with Crippen molar-refractivity contribution in [2.24, 2.45) is 0 Å². The molecule has 2 heterocycles. The maximum Gasteiger partial charge on any atom is 0.350 e. The van der Waals surface area contributed by atoms with E-state index in [0.29, 0.717) is 10.2 Å². The first-order valence-electron chi connectivity index (χ1n) is 9.02. The molecule has 3 aromatic rings. The van der Waals surface area contributed by atoms with Crippen LogP contribution in [0.15, 0.2) is 32.7 Å². The topological polar surface area (TPSA) is 129 Å². The molecule has 2 aromatic heterocycles. The Morgan fingerprint density at radius 1 is 1.28 bits per heavy atom. The molecule has 11 heteroatoms. The normalized spacial score (nSPS) is 15.7. The Labute approximate surface area is 170 Å². The molecular formula is C18H21N5O4S2. The molecule has 0 bridgehead atoms. The van der Waals surface area contributed by atoms with Gasteiger partial charge in [0.05, 0.1) is 33.0 Å². The highest BCUT2D eigenvalue weighted by Gasteiger charge is 2.41. The summed E-state index contributed by atoms with van der Waals surface area (Å²) in [7, 11) is -3.80. The summed E-state index contributed by atoms with van der Waals surface area (Å²) in [4.78, 5) is 30.4. The second kappa shape index (κ2) is 6.51. The summed E-state index contributed by atoms with van der Waals surface area (Å²) in [6.45, 7) is 5.73. The van der Waals surface area contributed by atoms with Crippen LogP contribution in [0.4, 0.5) is 0 Å². The van der Waals surface area contributed by atoms with Gasteiger partial charge in [-0.05, 0) is 51.8 Å². The Morgan fingerprint density at radius 2 is 1.97 bits per heavy atom. The summed E-state index contributed by atoms with van der Waals surface area (Å²) < 4.78 is 29.9. The number of rotatable bonds is 5. The molecule has 154 valence electrons. The van der Waals surface area contributed by atoms with Crippen LogP contribution in [0.1, 0.15) is 35.3 Å². The van der Waals surface area contributed by atoms with Crippen molar-refractivity contribution < 1.29 is 8.42 Å². The highest BCUT2D eigenvalue weighted by Crippen LogP contribution is 2.36. The number of sulfonamides is 1. The molecule has 1 aromatic carbocycles. The molecule has 0 aliphatic heterocycles. The molecule has 3 N–H and O–H groups in total. The summed E-state index contributed by atoms with van der Waals surface area (Å²) in [6, 6.07) is 4.15. The van der Waals surface area contributed by atoms with Gasteiger partial charge >= 0.3 is 5.69 Å². The molecule has 1 saturated carbocycles. The first-order valence-corrected chi connectivity index (χ1v) is 11.3. The third-order valence-corrected chi connectivity index (χ3v) is 7.83. The van der Waals surface area contributed by atoms with Gasteiger partial charge in [-0.2, -0.15) is 4.68 Å². The van der Waals surface area contributed by atoms with Crippen LogP contribution in [0.25, 0.3) is 10.9 Å². The van der Waals surface area contributed by atoms with Crippen LogP contribution >= 0.6 is 11.3 Å². The number of aromatic nitrogens is 3. The summed E-state index contributed by atoms with van der Waals surface area (Å²) in [5, 5.41) is 0.929. The van der Waals surface area contributed by atoms with Crippen LogP contribution in [0.2, 0.25) is 0 Å². The molecule has 29 heavy (non-hydrogen) atoms. The van der Waals surface area contributed by atoms with Crippen molar-refractivity contribution in [2.45, 2.75) is 50.6 Å². The molecular weight excluding hydrogens is 414 g/mol. The second-order valence-corrected chi connectivity index (χ2v) is 10.6. The number of nitrogens with one attached hydrogen (secondary N) is 1. The second-order valence-electron chi connectivity index (χ2n) is 7.63. The average Bonchev–Trinajstić information content (AvgIpc) is 3.27. The number of nitrogens with zero attached hydrogens (tertiary/aromatic N) is 3. The van der Waals surface area contributed by atoms with E-state index in [1.54, 1.807) is 0 Å². The zero-order valence-corrected chi connectivity index (χ0v) is 17.9. The third kappa shape index (κ3) is 3.49. The minimum Gasteiger partial charge on any atom is -0.332 e. The number of hydrogen-bond acceptors (Lipinski definition) is 7. The van der Waals surface area contributed by atoms with Crippen molar-refractivity contribution in [3.05, 3.63) is 54.6 Å². The van der Waals surface area contributed by atoms with Gasteiger partial charge in [-0.15, -0.1) is 11.3 Å². The fraction of sp³-hybridized carbons (Fsp3) is 0.389. The van der Waals surface area contributed by atoms with E-state index in [-0.39, 0.29) is 16.8 Å². The van der Waals surface area contributed by atoms with Crippen molar-refractivity contribution in [1.29, 1.82) is 0 Å². The molecule has 1 aliphatic rings. The van der Waals surface area contributed by atoms with Gasteiger partial charge < -0.3 is 5.84 Å². The van der Waals surface area contributed by atoms with Gasteiger partial charge in [-0.1, -0.05) is 0 Å². The van der Waals surface area contributed by atoms with Gasteiger partial charge in [0.25, 0.3) is 5.56 Å². The lowest BCUT2D eigenvalue weighted by Gasteiger charge is -2.14. The number of hydrogen-bond donors (Lipinski definition) is 2. The van der Waals surface area contributed by atoms with Crippen molar-refractivity contribution in [1.82, 2.24) is 18.9 Å². The first kappa shape index (κ1) is 19.8. The lowest BCUT2D eigenvalue weighted by Crippen LogP contribution is -2.44. The number of nitrogen functional groups attached to an aromatic ring is 1. The molecule has 0 radical (unpaired) electrons. The van der Waals surface area contributed by atoms with E-state index in [0.717, 1.165) is 28.4 Å². The number of aryl methyl sites for hydroxylation is 2. The number of nitrogens with two attached hydrogens (primary N) is 1. The lowest BCUT2D eigenvalue weighted by molar-refractivity contribution is 0.558. The van der Waals surface area contributed by atoms with E-state index < -0.39 is 26.8 Å². The van der Waals surface area contributed by atoms with Crippen LogP contribution < -0.4 is 21.8 Å². The molecule has 0 atom stereocenters. The van der Waals surface area contributed by atoms with Crippen LogP contribution in [0, 0.1) is 13.8 Å². The van der Waals surface area contributed by atoms with Gasteiger partial charge in [-0.25, -0.2) is 22.9 Å². The summed E-state index contributed by atoms with van der Waals surface area (Å²) in [5.74, 6) is 5.71. The van der Waals surface area contributed by atoms with E-state index in [1.807, 2.05) is 20.8 Å². The largest absolute Gasteiger partial charge is 0.350 e. The zero-order chi connectivity index (χ0) is 21.1. The van der Waals surface area contributed by atoms with Crippen LogP contribution in [-0.4, -0.2) is 28.2 Å². The lowest BCUT2D eigenvalue weighted by atomic mass is 10.2. The smallest absolute Gasteiger partial charge is 0.332 e. The first-order chi connectivity index (χ1) is 13.5. The third-order valence-electron chi connectivity index (χ3n) is 5.14. The van der Waals surface area contributed by atoms with Crippen LogP contribution in [0.5, 0.6) is 0 Å². The molecule has 9 nitrogen and oxygen atoms in total. The van der Waals surface area contributed by atoms with Crippen molar-refractivity contribution in [2.75, 3.05) is 5.84 Å². The van der Waals surface area contributed by atoms with Crippen LogP contribution in [0.3, 0.4) is 0 Å². The number of benzene rings is 1. The Hall–Kier alpha value is -2.50. The standard InChI is InChI=1S/C18H21N5O4S2/c1-10-15(28-11(2)20-10)9-22-14-5-4-12(29(26,27)21-18(3)6-7-18)8-13(14)16(24)23(19)17(22)25/h4-5,8,21H,6-7,9,19H2,1-3H3. The predicted octanol–water partition coefficient (Wildman–Crippen LogP) is 0.829. The highest BCUT2D eigenvalue weighted by molar-refractivity contribution is 7.89. The Bertz CT molecular complexity index is 1360. The average molecular weight is 436 g/mol. The van der Waals surface area contributed by atoms with Crippen molar-refractivity contribution in [3.63, 3.8) is 0 Å². The molecule has 0 spiro atoms. The Kier molecular flexibility index (Phi) is 4.44. The van der Waals surface area contributed by atoms with Gasteiger partial charge in [0.1, 0.15) is 0 Å². The minimum atomic E-state index is -3.80. The van der Waals surface area contributed by atoms with E-state index in [4.69, 9.17) is 5.84 Å². The molecule has 0 amide bonds. The number of fused-ring (bicyclic) bond motifs is 1. The molecule has 0 unspecified atom stereocenters. The van der Waals surface area contributed by atoms with Crippen molar-refractivity contribution in [3.8, 4) is 0 Å². The van der Waals surface area contributed by atoms with E-state index >= 15 is 0 Å². The Balaban J connectivity index is 1.88. The quantitative estimate of drug-likeness (QED) is 0.571. The fourth-order valence-electron chi connectivity index (χ4n) is 3.23. The Morgan fingerprint density at radius 3 is 2.55 bits per heavy atom. The predicted molar refractivity (Wildman–Crippen MR) is 111 cm³/mol. The van der Waals surface area contributed by atoms with Crippen LogP contribution in [-0.2, 0) is 16.6 Å². The van der Waals surface area contributed by atoms with E-state index in [1.165, 1.54) is 34.1 Å². The van der Waals surface area contributed by atoms with Gasteiger partial charge in [0, 0.05) is 10.4 Å². The molecule has 4 rings (SSSR count). The molecule has 0 saturated heterocycles. The van der Waals surface area contributed by atoms with Gasteiger partial charge in [-0.3, -0.25) is 9.36 Å². The van der Waals surface area contributed by atoms with Crippen molar-refractivity contribution >= 4 is 32.3 Å². The summed E-state index contributed by atoms with van der Waals surface area (Å²) in [6.07, 6.45) is 1.53.